The van der Waals surface area contributed by atoms with Crippen LogP contribution in [0.25, 0.3) is 0 Å². The third-order valence-corrected chi connectivity index (χ3v) is 4.29. The van der Waals surface area contributed by atoms with Crippen molar-refractivity contribution in [3.8, 4) is 5.75 Å². The smallest absolute Gasteiger partial charge is 0.255 e. The summed E-state index contributed by atoms with van der Waals surface area (Å²) in [5.41, 5.74) is 1.24. The van der Waals surface area contributed by atoms with Crippen LogP contribution in [0.4, 0.5) is 11.5 Å². The maximum Gasteiger partial charge on any atom is 0.255 e. The van der Waals surface area contributed by atoms with Crippen LogP contribution in [0.1, 0.15) is 30.1 Å². The molecule has 1 aliphatic heterocycles. The van der Waals surface area contributed by atoms with E-state index in [0.717, 1.165) is 25.1 Å². The Labute approximate surface area is 147 Å². The summed E-state index contributed by atoms with van der Waals surface area (Å²) < 4.78 is 11.0. The summed E-state index contributed by atoms with van der Waals surface area (Å²) in [6, 6.07) is 11.0. The fourth-order valence-electron chi connectivity index (χ4n) is 2.94. The number of para-hydroxylation sites is 2. The Kier molecular flexibility index (Phi) is 5.50. The minimum atomic E-state index is -0.173. The first-order valence-corrected chi connectivity index (χ1v) is 8.46. The van der Waals surface area contributed by atoms with Crippen LogP contribution in [0.15, 0.2) is 42.6 Å². The van der Waals surface area contributed by atoms with E-state index in [9.17, 15) is 4.79 Å². The van der Waals surface area contributed by atoms with E-state index in [4.69, 9.17) is 9.47 Å². The second-order valence-electron chi connectivity index (χ2n) is 6.04. The van der Waals surface area contributed by atoms with Crippen molar-refractivity contribution in [1.82, 2.24) is 10.3 Å². The van der Waals surface area contributed by atoms with E-state index in [1.807, 2.05) is 31.2 Å². The second-order valence-corrected chi connectivity index (χ2v) is 6.04. The number of aromatic nitrogens is 1. The van der Waals surface area contributed by atoms with E-state index in [2.05, 4.69) is 15.6 Å². The van der Waals surface area contributed by atoms with Crippen molar-refractivity contribution in [2.24, 2.45) is 0 Å². The SMILES string of the molecule is COc1ccccc1Nc1ncccc1C(=O)N[C@H](C)[C@@H]1CCCO1. The quantitative estimate of drug-likeness (QED) is 0.844. The first kappa shape index (κ1) is 17.2. The Balaban J connectivity index is 1.77. The van der Waals surface area contributed by atoms with E-state index in [1.54, 1.807) is 25.4 Å². The molecule has 1 aliphatic rings. The van der Waals surface area contributed by atoms with Crippen LogP contribution in [-0.4, -0.2) is 36.8 Å². The van der Waals surface area contributed by atoms with Crippen molar-refractivity contribution in [1.29, 1.82) is 0 Å². The lowest BCUT2D eigenvalue weighted by atomic mass is 10.1. The zero-order chi connectivity index (χ0) is 17.6. The molecule has 25 heavy (non-hydrogen) atoms. The molecule has 2 aromatic rings. The summed E-state index contributed by atoms with van der Waals surface area (Å²) in [6.07, 6.45) is 3.74. The van der Waals surface area contributed by atoms with Gasteiger partial charge in [0.25, 0.3) is 5.91 Å². The van der Waals surface area contributed by atoms with E-state index >= 15 is 0 Å². The normalized spacial score (nSPS) is 17.8. The minimum Gasteiger partial charge on any atom is -0.495 e. The lowest BCUT2D eigenvalue weighted by molar-refractivity contribution is 0.0712. The van der Waals surface area contributed by atoms with E-state index in [1.165, 1.54) is 0 Å². The molecule has 1 aromatic carbocycles. The summed E-state index contributed by atoms with van der Waals surface area (Å²) in [5, 5.41) is 6.21. The van der Waals surface area contributed by atoms with Gasteiger partial charge >= 0.3 is 0 Å². The number of pyridine rings is 1. The van der Waals surface area contributed by atoms with Gasteiger partial charge in [-0.2, -0.15) is 0 Å². The number of methoxy groups -OCH3 is 1. The van der Waals surface area contributed by atoms with Gasteiger partial charge in [-0.25, -0.2) is 4.98 Å². The molecule has 2 N–H and O–H groups in total. The summed E-state index contributed by atoms with van der Waals surface area (Å²) in [6.45, 7) is 2.73. The van der Waals surface area contributed by atoms with E-state index in [-0.39, 0.29) is 18.1 Å². The fraction of sp³-hybridized carbons (Fsp3) is 0.368. The largest absolute Gasteiger partial charge is 0.495 e. The second kappa shape index (κ2) is 7.98. The number of hydrogen-bond acceptors (Lipinski definition) is 5. The number of carbonyl (C=O) groups excluding carboxylic acids is 1. The number of benzene rings is 1. The van der Waals surface area contributed by atoms with Crippen LogP contribution < -0.4 is 15.4 Å². The number of nitrogens with one attached hydrogen (secondary N) is 2. The molecule has 0 radical (unpaired) electrons. The molecule has 1 fully saturated rings. The van der Waals surface area contributed by atoms with Gasteiger partial charge in [0.15, 0.2) is 0 Å². The van der Waals surface area contributed by atoms with Crippen molar-refractivity contribution >= 4 is 17.4 Å². The number of ether oxygens (including phenoxy) is 2. The first-order chi connectivity index (χ1) is 12.2. The lowest BCUT2D eigenvalue weighted by Crippen LogP contribution is -2.41. The van der Waals surface area contributed by atoms with Gasteiger partial charge in [0.1, 0.15) is 11.6 Å². The van der Waals surface area contributed by atoms with Crippen molar-refractivity contribution in [3.05, 3.63) is 48.2 Å². The third-order valence-electron chi connectivity index (χ3n) is 4.29. The Hall–Kier alpha value is -2.60. The maximum absolute atomic E-state index is 12.7. The molecule has 0 unspecified atom stereocenters. The highest BCUT2D eigenvalue weighted by Gasteiger charge is 2.25. The summed E-state index contributed by atoms with van der Waals surface area (Å²) in [7, 11) is 1.61. The molecule has 0 bridgehead atoms. The van der Waals surface area contributed by atoms with E-state index in [0.29, 0.717) is 17.1 Å². The highest BCUT2D eigenvalue weighted by molar-refractivity contribution is 5.99. The standard InChI is InChI=1S/C19H23N3O3/c1-13(16-10-6-12-25-16)21-19(23)14-7-5-11-20-18(14)22-15-8-3-4-9-17(15)24-2/h3-5,7-9,11,13,16H,6,10,12H2,1-2H3,(H,20,22)(H,21,23)/t13-,16+/m1/s1. The molecular formula is C19H23N3O3. The Morgan fingerprint density at radius 1 is 1.32 bits per heavy atom. The maximum atomic E-state index is 12.7. The molecule has 0 aliphatic carbocycles. The van der Waals surface area contributed by atoms with Crippen LogP contribution >= 0.6 is 0 Å². The molecule has 1 amide bonds. The molecule has 1 saturated heterocycles. The number of rotatable bonds is 6. The molecule has 6 nitrogen and oxygen atoms in total. The van der Waals surface area contributed by atoms with Crippen molar-refractivity contribution < 1.29 is 14.3 Å². The van der Waals surface area contributed by atoms with Gasteiger partial charge in [-0.15, -0.1) is 0 Å². The monoisotopic (exact) mass is 341 g/mol. The van der Waals surface area contributed by atoms with Crippen molar-refractivity contribution in [2.75, 3.05) is 19.0 Å². The minimum absolute atomic E-state index is 0.0469. The molecule has 0 saturated carbocycles. The number of hydrogen-bond donors (Lipinski definition) is 2. The fourth-order valence-corrected chi connectivity index (χ4v) is 2.94. The summed E-state index contributed by atoms with van der Waals surface area (Å²) >= 11 is 0. The molecular weight excluding hydrogens is 318 g/mol. The zero-order valence-electron chi connectivity index (χ0n) is 14.5. The first-order valence-electron chi connectivity index (χ1n) is 8.46. The van der Waals surface area contributed by atoms with Crippen molar-refractivity contribution in [2.45, 2.75) is 31.9 Å². The van der Waals surface area contributed by atoms with Gasteiger partial charge in [-0.3, -0.25) is 4.79 Å². The van der Waals surface area contributed by atoms with Gasteiger partial charge in [0.05, 0.1) is 30.5 Å². The molecule has 1 aromatic heterocycles. The Morgan fingerprint density at radius 2 is 2.16 bits per heavy atom. The van der Waals surface area contributed by atoms with E-state index < -0.39 is 0 Å². The Bertz CT molecular complexity index is 729. The number of amides is 1. The molecule has 0 spiro atoms. The predicted octanol–water partition coefficient (Wildman–Crippen LogP) is 3.13. The highest BCUT2D eigenvalue weighted by atomic mass is 16.5. The van der Waals surface area contributed by atoms with Crippen LogP contribution in [0.2, 0.25) is 0 Å². The van der Waals surface area contributed by atoms with Crippen LogP contribution in [0.3, 0.4) is 0 Å². The molecule has 2 heterocycles. The Morgan fingerprint density at radius 3 is 2.92 bits per heavy atom. The average molecular weight is 341 g/mol. The van der Waals surface area contributed by atoms with Crippen LogP contribution in [0.5, 0.6) is 5.75 Å². The van der Waals surface area contributed by atoms with Crippen LogP contribution in [-0.2, 0) is 4.74 Å². The van der Waals surface area contributed by atoms with Gasteiger partial charge in [-0.05, 0) is 44.0 Å². The summed E-state index contributed by atoms with van der Waals surface area (Å²) in [4.78, 5) is 17.0. The molecule has 6 heteroatoms. The van der Waals surface area contributed by atoms with Crippen LogP contribution in [0, 0.1) is 0 Å². The highest BCUT2D eigenvalue weighted by Crippen LogP contribution is 2.27. The van der Waals surface area contributed by atoms with Gasteiger partial charge in [0.2, 0.25) is 0 Å². The van der Waals surface area contributed by atoms with Gasteiger partial charge in [-0.1, -0.05) is 12.1 Å². The lowest BCUT2D eigenvalue weighted by Gasteiger charge is -2.21. The molecule has 132 valence electrons. The average Bonchev–Trinajstić information content (AvgIpc) is 3.17. The van der Waals surface area contributed by atoms with Crippen molar-refractivity contribution in [3.63, 3.8) is 0 Å². The number of carbonyl (C=O) groups is 1. The number of anilines is 2. The van der Waals surface area contributed by atoms with Gasteiger partial charge < -0.3 is 20.1 Å². The number of nitrogens with zero attached hydrogens (tertiary/aromatic N) is 1. The zero-order valence-corrected chi connectivity index (χ0v) is 14.5. The predicted molar refractivity (Wildman–Crippen MR) is 96.4 cm³/mol. The topological polar surface area (TPSA) is 72.5 Å². The molecule has 2 atom stereocenters. The van der Waals surface area contributed by atoms with Gasteiger partial charge in [0, 0.05) is 12.8 Å². The molecule has 3 rings (SSSR count). The summed E-state index contributed by atoms with van der Waals surface area (Å²) in [5.74, 6) is 1.00. The third kappa shape index (κ3) is 4.09.